The van der Waals surface area contributed by atoms with E-state index >= 15 is 0 Å². The molecule has 1 aromatic heterocycles. The van der Waals surface area contributed by atoms with Crippen molar-refractivity contribution >= 4 is 0 Å². The van der Waals surface area contributed by atoms with E-state index in [9.17, 15) is 0 Å². The van der Waals surface area contributed by atoms with Crippen LogP contribution in [-0.2, 0) is 17.9 Å². The average molecular weight is 253 g/mol. The fraction of sp³-hybridized carbons (Fsp3) is 0.733. The Morgan fingerprint density at radius 2 is 2.11 bits per heavy atom. The van der Waals surface area contributed by atoms with Crippen LogP contribution in [0.3, 0.4) is 0 Å². The number of hydrogen-bond donors (Lipinski definition) is 1. The molecule has 104 valence electrons. The first-order valence-electron chi connectivity index (χ1n) is 6.84. The van der Waals surface area contributed by atoms with E-state index in [4.69, 9.17) is 9.15 Å². The predicted molar refractivity (Wildman–Crippen MR) is 74.5 cm³/mol. The van der Waals surface area contributed by atoms with Gasteiger partial charge in [-0.1, -0.05) is 13.3 Å². The molecule has 0 spiro atoms. The predicted octanol–water partition coefficient (Wildman–Crippen LogP) is 3.87. The van der Waals surface area contributed by atoms with E-state index in [0.717, 1.165) is 30.7 Å². The van der Waals surface area contributed by atoms with Crippen molar-refractivity contribution in [3.05, 3.63) is 23.7 Å². The van der Waals surface area contributed by atoms with E-state index < -0.39 is 0 Å². The smallest absolute Gasteiger partial charge is 0.123 e. The van der Waals surface area contributed by atoms with E-state index in [2.05, 4.69) is 39.9 Å². The van der Waals surface area contributed by atoms with E-state index in [1.54, 1.807) is 6.26 Å². The van der Waals surface area contributed by atoms with Crippen LogP contribution in [0.15, 0.2) is 16.7 Å². The highest BCUT2D eigenvalue weighted by atomic mass is 16.5. The van der Waals surface area contributed by atoms with E-state index in [0.29, 0.717) is 12.7 Å². The molecular formula is C15H27NO2. The van der Waals surface area contributed by atoms with Gasteiger partial charge in [0.15, 0.2) is 0 Å². The number of rotatable bonds is 7. The van der Waals surface area contributed by atoms with Gasteiger partial charge in [0.2, 0.25) is 0 Å². The normalized spacial score (nSPS) is 13.8. The van der Waals surface area contributed by atoms with E-state index in [-0.39, 0.29) is 5.54 Å². The van der Waals surface area contributed by atoms with Crippen LogP contribution in [0.1, 0.15) is 58.8 Å². The summed E-state index contributed by atoms with van der Waals surface area (Å²) in [7, 11) is 0. The molecule has 3 heteroatoms. The molecule has 1 rings (SSSR count). The van der Waals surface area contributed by atoms with Crippen LogP contribution in [0.4, 0.5) is 0 Å². The lowest BCUT2D eigenvalue weighted by Crippen LogP contribution is -2.35. The van der Waals surface area contributed by atoms with Crippen molar-refractivity contribution < 1.29 is 9.15 Å². The quantitative estimate of drug-likeness (QED) is 0.801. The van der Waals surface area contributed by atoms with E-state index in [1.165, 1.54) is 0 Å². The van der Waals surface area contributed by atoms with Crippen LogP contribution in [0, 0.1) is 0 Å². The van der Waals surface area contributed by atoms with Gasteiger partial charge in [-0.3, -0.25) is 0 Å². The summed E-state index contributed by atoms with van der Waals surface area (Å²) in [5.74, 6) is 0.980. The Labute approximate surface area is 111 Å². The van der Waals surface area contributed by atoms with Crippen molar-refractivity contribution in [3.8, 4) is 0 Å². The number of hydrogen-bond acceptors (Lipinski definition) is 3. The second-order valence-corrected chi connectivity index (χ2v) is 5.88. The SMILES string of the molecule is CCCC(C)OCc1ccoc1CNC(C)(C)C. The zero-order valence-corrected chi connectivity index (χ0v) is 12.4. The molecule has 1 aromatic rings. The van der Waals surface area contributed by atoms with Gasteiger partial charge in [-0.15, -0.1) is 0 Å². The summed E-state index contributed by atoms with van der Waals surface area (Å²) in [5, 5.41) is 3.43. The molecule has 3 nitrogen and oxygen atoms in total. The molecule has 0 aromatic carbocycles. The molecule has 0 aliphatic rings. The number of furan rings is 1. The Balaban J connectivity index is 2.44. The fourth-order valence-corrected chi connectivity index (χ4v) is 1.72. The molecule has 1 N–H and O–H groups in total. The van der Waals surface area contributed by atoms with Crippen LogP contribution in [0.25, 0.3) is 0 Å². The average Bonchev–Trinajstić information content (AvgIpc) is 2.70. The summed E-state index contributed by atoms with van der Waals surface area (Å²) < 4.78 is 11.3. The first-order chi connectivity index (χ1) is 8.42. The molecule has 18 heavy (non-hydrogen) atoms. The molecule has 0 bridgehead atoms. The topological polar surface area (TPSA) is 34.4 Å². The third-order valence-electron chi connectivity index (χ3n) is 2.84. The zero-order valence-electron chi connectivity index (χ0n) is 12.4. The highest BCUT2D eigenvalue weighted by Crippen LogP contribution is 2.15. The largest absolute Gasteiger partial charge is 0.468 e. The van der Waals surface area contributed by atoms with Crippen molar-refractivity contribution in [1.82, 2.24) is 5.32 Å². The molecular weight excluding hydrogens is 226 g/mol. The molecule has 0 radical (unpaired) electrons. The van der Waals surface area contributed by atoms with Gasteiger partial charge >= 0.3 is 0 Å². The van der Waals surface area contributed by atoms with Crippen LogP contribution in [0.5, 0.6) is 0 Å². The Hall–Kier alpha value is -0.800. The second kappa shape index (κ2) is 6.95. The summed E-state index contributed by atoms with van der Waals surface area (Å²) >= 11 is 0. The number of nitrogens with one attached hydrogen (secondary N) is 1. The van der Waals surface area contributed by atoms with Gasteiger partial charge in [-0.25, -0.2) is 0 Å². The van der Waals surface area contributed by atoms with Crippen molar-refractivity contribution in [2.45, 2.75) is 72.3 Å². The van der Waals surface area contributed by atoms with Crippen LogP contribution in [-0.4, -0.2) is 11.6 Å². The second-order valence-electron chi connectivity index (χ2n) is 5.88. The lowest BCUT2D eigenvalue weighted by Gasteiger charge is -2.20. The summed E-state index contributed by atoms with van der Waals surface area (Å²) in [5.41, 5.74) is 1.25. The molecule has 0 fully saturated rings. The Kier molecular flexibility index (Phi) is 5.89. The van der Waals surface area contributed by atoms with Gasteiger partial charge in [-0.2, -0.15) is 0 Å². The molecule has 1 atom stereocenters. The molecule has 1 unspecified atom stereocenters. The first-order valence-corrected chi connectivity index (χ1v) is 6.84. The third kappa shape index (κ3) is 5.69. The Bertz CT molecular complexity index is 339. The Morgan fingerprint density at radius 3 is 2.72 bits per heavy atom. The van der Waals surface area contributed by atoms with Crippen LogP contribution < -0.4 is 5.32 Å². The molecule has 0 aliphatic heterocycles. The number of ether oxygens (including phenoxy) is 1. The fourth-order valence-electron chi connectivity index (χ4n) is 1.72. The Morgan fingerprint density at radius 1 is 1.39 bits per heavy atom. The third-order valence-corrected chi connectivity index (χ3v) is 2.84. The van der Waals surface area contributed by atoms with Gasteiger partial charge < -0.3 is 14.5 Å². The monoisotopic (exact) mass is 253 g/mol. The molecule has 0 aliphatic carbocycles. The summed E-state index contributed by atoms with van der Waals surface area (Å²) in [6.07, 6.45) is 4.31. The first kappa shape index (κ1) is 15.3. The highest BCUT2D eigenvalue weighted by molar-refractivity contribution is 5.16. The minimum atomic E-state index is 0.0976. The lowest BCUT2D eigenvalue weighted by atomic mass is 10.1. The van der Waals surface area contributed by atoms with Crippen molar-refractivity contribution in [1.29, 1.82) is 0 Å². The van der Waals surface area contributed by atoms with Gasteiger partial charge in [0.05, 0.1) is 25.5 Å². The van der Waals surface area contributed by atoms with Crippen molar-refractivity contribution in [2.24, 2.45) is 0 Å². The molecule has 1 heterocycles. The lowest BCUT2D eigenvalue weighted by molar-refractivity contribution is 0.0462. The maximum Gasteiger partial charge on any atom is 0.123 e. The minimum absolute atomic E-state index is 0.0976. The van der Waals surface area contributed by atoms with Crippen molar-refractivity contribution in [3.63, 3.8) is 0 Å². The molecule has 0 saturated carbocycles. The van der Waals surface area contributed by atoms with E-state index in [1.807, 2.05) is 6.07 Å². The summed E-state index contributed by atoms with van der Waals surface area (Å²) in [6.45, 7) is 12.1. The highest BCUT2D eigenvalue weighted by Gasteiger charge is 2.13. The van der Waals surface area contributed by atoms with Gasteiger partial charge in [-0.05, 0) is 40.2 Å². The maximum absolute atomic E-state index is 5.81. The minimum Gasteiger partial charge on any atom is -0.468 e. The molecule has 0 amide bonds. The van der Waals surface area contributed by atoms with Gasteiger partial charge in [0, 0.05) is 11.1 Å². The molecule has 0 saturated heterocycles. The van der Waals surface area contributed by atoms with Gasteiger partial charge in [0.25, 0.3) is 0 Å². The summed E-state index contributed by atoms with van der Waals surface area (Å²) in [6, 6.07) is 2.00. The maximum atomic E-state index is 5.81. The summed E-state index contributed by atoms with van der Waals surface area (Å²) in [4.78, 5) is 0. The van der Waals surface area contributed by atoms with Crippen LogP contribution in [0.2, 0.25) is 0 Å². The standard InChI is InChI=1S/C15H27NO2/c1-6-7-12(2)18-11-13-8-9-17-14(13)10-16-15(3,4)5/h8-9,12,16H,6-7,10-11H2,1-5H3. The zero-order chi connectivity index (χ0) is 13.6. The van der Waals surface area contributed by atoms with Crippen LogP contribution >= 0.6 is 0 Å². The van der Waals surface area contributed by atoms with Gasteiger partial charge in [0.1, 0.15) is 5.76 Å². The van der Waals surface area contributed by atoms with Crippen molar-refractivity contribution in [2.75, 3.05) is 0 Å².